The van der Waals surface area contributed by atoms with E-state index in [2.05, 4.69) is 26.7 Å². The normalized spacial score (nSPS) is 10.0. The Morgan fingerprint density at radius 2 is 1.26 bits per heavy atom. The third-order valence-corrected chi connectivity index (χ3v) is 3.04. The largest absolute Gasteiger partial charge is 0.478 e. The number of rotatable bonds is 15. The van der Waals surface area contributed by atoms with Crippen LogP contribution < -0.4 is 0 Å². The summed E-state index contributed by atoms with van der Waals surface area (Å²) in [6.45, 7) is 20.4. The lowest BCUT2D eigenvalue weighted by Gasteiger charge is -2.10. The smallest absolute Gasteiger partial charge is 0.333 e. The lowest BCUT2D eigenvalue weighted by Crippen LogP contribution is -2.20. The number of esters is 1. The number of aliphatic carboxylic acids is 2. The first kappa shape index (κ1) is 39.6. The predicted octanol–water partition coefficient (Wildman–Crippen LogP) is 2.57. The van der Waals surface area contributed by atoms with Crippen LogP contribution >= 0.6 is 0 Å². The van der Waals surface area contributed by atoms with Gasteiger partial charge in [-0.15, -0.1) is 0 Å². The molecule has 1 unspecified atom stereocenters. The van der Waals surface area contributed by atoms with E-state index in [0.717, 1.165) is 12.8 Å². The van der Waals surface area contributed by atoms with Gasteiger partial charge in [-0.2, -0.15) is 0 Å². The Kier molecular flexibility index (Phi) is 33.4. The number of carboxylic acid groups (broad SMARTS) is 2. The second-order valence-electron chi connectivity index (χ2n) is 6.76. The number of hydrogen-bond donors (Lipinski definition) is 4. The number of carbonyl (C=O) groups is 3. The molecule has 0 bridgehead atoms. The predicted molar refractivity (Wildman–Crippen MR) is 132 cm³/mol. The lowest BCUT2D eigenvalue weighted by molar-refractivity contribution is -0.139. The van der Waals surface area contributed by atoms with E-state index in [1.807, 2.05) is 0 Å². The molecule has 0 aromatic carbocycles. The summed E-state index contributed by atoms with van der Waals surface area (Å²) in [5.41, 5.74) is 0.820. The molecule has 0 saturated carbocycles. The fraction of sp³-hybridized carbons (Fsp3) is 0.625. The van der Waals surface area contributed by atoms with Crippen molar-refractivity contribution < 1.29 is 53.8 Å². The summed E-state index contributed by atoms with van der Waals surface area (Å²) in [6.07, 6.45) is 1.12. The minimum absolute atomic E-state index is 0.0154. The van der Waals surface area contributed by atoms with Gasteiger partial charge in [-0.3, -0.25) is 0 Å². The van der Waals surface area contributed by atoms with Crippen LogP contribution in [-0.4, -0.2) is 90.9 Å². The first-order valence-electron chi connectivity index (χ1n) is 10.9. The van der Waals surface area contributed by atoms with Crippen molar-refractivity contribution in [2.75, 3.05) is 46.2 Å². The van der Waals surface area contributed by atoms with Gasteiger partial charge < -0.3 is 39.4 Å². The molecule has 0 aliphatic heterocycles. The standard InChI is InChI=1S/C8H18O5.C8H14O2.2C4H6O2/c1-2-13-8(10)7-12-6-5-11-4-3-9;1-4-5-6-10-8(9)7(2)3;2*1-3(2)4(5)6/h8-10H,2-7H2,1H3;2,4-6H2,1,3H3;2*1H2,2H3,(H,5,6). The highest BCUT2D eigenvalue weighted by molar-refractivity contribution is 5.87. The zero-order valence-corrected chi connectivity index (χ0v) is 21.7. The maximum atomic E-state index is 10.7. The molecular formula is C24H44O11. The van der Waals surface area contributed by atoms with E-state index in [1.54, 1.807) is 13.8 Å². The highest BCUT2D eigenvalue weighted by atomic mass is 16.6. The van der Waals surface area contributed by atoms with Gasteiger partial charge in [0.2, 0.25) is 0 Å². The molecule has 11 heteroatoms. The number of aliphatic hydroxyl groups is 2. The summed E-state index contributed by atoms with van der Waals surface area (Å²) >= 11 is 0. The number of ether oxygens (including phenoxy) is 4. The van der Waals surface area contributed by atoms with Gasteiger partial charge >= 0.3 is 17.9 Å². The fourth-order valence-electron chi connectivity index (χ4n) is 1.14. The van der Waals surface area contributed by atoms with Gasteiger partial charge in [0.25, 0.3) is 0 Å². The van der Waals surface area contributed by atoms with Crippen LogP contribution in [-0.2, 0) is 33.3 Å². The van der Waals surface area contributed by atoms with Gasteiger partial charge in [-0.25, -0.2) is 14.4 Å². The van der Waals surface area contributed by atoms with Crippen molar-refractivity contribution in [2.45, 2.75) is 53.8 Å². The minimum Gasteiger partial charge on any atom is -0.478 e. The monoisotopic (exact) mass is 508 g/mol. The van der Waals surface area contributed by atoms with Crippen molar-refractivity contribution in [1.29, 1.82) is 0 Å². The molecule has 0 heterocycles. The van der Waals surface area contributed by atoms with E-state index >= 15 is 0 Å². The first-order chi connectivity index (χ1) is 16.3. The average molecular weight is 509 g/mol. The van der Waals surface area contributed by atoms with Crippen molar-refractivity contribution in [2.24, 2.45) is 0 Å². The van der Waals surface area contributed by atoms with Crippen LogP contribution in [0.5, 0.6) is 0 Å². The summed E-state index contributed by atoms with van der Waals surface area (Å²) in [5.74, 6) is -2.15. The molecule has 0 saturated heterocycles. The van der Waals surface area contributed by atoms with E-state index in [1.165, 1.54) is 13.8 Å². The van der Waals surface area contributed by atoms with Crippen molar-refractivity contribution in [3.05, 3.63) is 36.5 Å². The summed E-state index contributed by atoms with van der Waals surface area (Å²) in [4.78, 5) is 29.9. The maximum absolute atomic E-state index is 10.7. The number of carbonyl (C=O) groups excluding carboxylic acids is 1. The van der Waals surface area contributed by atoms with Gasteiger partial charge in [0.05, 0.1) is 39.6 Å². The van der Waals surface area contributed by atoms with Crippen LogP contribution in [0.4, 0.5) is 0 Å². The Morgan fingerprint density at radius 3 is 1.60 bits per heavy atom. The second-order valence-corrected chi connectivity index (χ2v) is 6.76. The van der Waals surface area contributed by atoms with Crippen LogP contribution in [0, 0.1) is 0 Å². The molecule has 11 nitrogen and oxygen atoms in total. The molecule has 0 aromatic rings. The third kappa shape index (κ3) is 42.1. The molecule has 0 fully saturated rings. The lowest BCUT2D eigenvalue weighted by atomic mass is 10.3. The topological polar surface area (TPSA) is 169 Å². The molecular weight excluding hydrogens is 464 g/mol. The second kappa shape index (κ2) is 29.5. The number of carboxylic acids is 2. The Hall–Kier alpha value is -2.57. The number of unbranched alkanes of at least 4 members (excludes halogenated alkanes) is 1. The quantitative estimate of drug-likeness (QED) is 0.111. The van der Waals surface area contributed by atoms with Crippen LogP contribution in [0.3, 0.4) is 0 Å². The molecule has 0 radical (unpaired) electrons. The van der Waals surface area contributed by atoms with E-state index in [-0.39, 0.29) is 30.3 Å². The summed E-state index contributed by atoms with van der Waals surface area (Å²) in [5, 5.41) is 33.2. The molecule has 35 heavy (non-hydrogen) atoms. The van der Waals surface area contributed by atoms with E-state index in [0.29, 0.717) is 38.6 Å². The Morgan fingerprint density at radius 1 is 0.800 bits per heavy atom. The maximum Gasteiger partial charge on any atom is 0.333 e. The van der Waals surface area contributed by atoms with Gasteiger partial charge in [0.15, 0.2) is 6.29 Å². The molecule has 0 aliphatic carbocycles. The van der Waals surface area contributed by atoms with Crippen LogP contribution in [0.25, 0.3) is 0 Å². The van der Waals surface area contributed by atoms with E-state index < -0.39 is 18.2 Å². The zero-order chi connectivity index (χ0) is 28.2. The Labute approximate surface area is 208 Å². The molecule has 0 aromatic heterocycles. The van der Waals surface area contributed by atoms with Crippen LogP contribution in [0.1, 0.15) is 47.5 Å². The van der Waals surface area contributed by atoms with E-state index in [4.69, 9.17) is 39.4 Å². The first-order valence-corrected chi connectivity index (χ1v) is 10.9. The summed E-state index contributed by atoms with van der Waals surface area (Å²) < 4.78 is 19.6. The number of hydrogen-bond acceptors (Lipinski definition) is 9. The van der Waals surface area contributed by atoms with Gasteiger partial charge in [0.1, 0.15) is 0 Å². The SMILES string of the molecule is C=C(C)C(=O)O.C=C(C)C(=O)O.C=C(C)C(=O)OCCCC.CCOC(O)COCCOCCO. The van der Waals surface area contributed by atoms with Crippen LogP contribution in [0.2, 0.25) is 0 Å². The van der Waals surface area contributed by atoms with Gasteiger partial charge in [0, 0.05) is 23.3 Å². The summed E-state index contributed by atoms with van der Waals surface area (Å²) in [7, 11) is 0. The van der Waals surface area contributed by atoms with Crippen molar-refractivity contribution in [3.8, 4) is 0 Å². The molecule has 0 amide bonds. The molecule has 1 atom stereocenters. The average Bonchev–Trinajstić information content (AvgIpc) is 2.77. The molecule has 0 rings (SSSR count). The highest BCUT2D eigenvalue weighted by Gasteiger charge is 2.01. The van der Waals surface area contributed by atoms with Crippen molar-refractivity contribution in [1.82, 2.24) is 0 Å². The fourth-order valence-corrected chi connectivity index (χ4v) is 1.14. The van der Waals surface area contributed by atoms with Crippen molar-refractivity contribution >= 4 is 17.9 Å². The molecule has 4 N–H and O–H groups in total. The summed E-state index contributed by atoms with van der Waals surface area (Å²) in [6, 6.07) is 0. The molecule has 206 valence electrons. The molecule has 0 spiro atoms. The Bertz CT molecular complexity index is 552. The van der Waals surface area contributed by atoms with Crippen molar-refractivity contribution in [3.63, 3.8) is 0 Å². The van der Waals surface area contributed by atoms with Gasteiger partial charge in [-0.05, 0) is 34.1 Å². The zero-order valence-electron chi connectivity index (χ0n) is 21.7. The minimum atomic E-state index is -0.935. The third-order valence-electron chi connectivity index (χ3n) is 3.04. The highest BCUT2D eigenvalue weighted by Crippen LogP contribution is 1.94. The van der Waals surface area contributed by atoms with Gasteiger partial charge in [-0.1, -0.05) is 33.1 Å². The Balaban J connectivity index is -0.000000194. The van der Waals surface area contributed by atoms with Crippen LogP contribution in [0.15, 0.2) is 36.5 Å². The molecule has 0 aliphatic rings. The van der Waals surface area contributed by atoms with E-state index in [9.17, 15) is 14.4 Å². The number of aliphatic hydroxyl groups excluding tert-OH is 2.